The molecule has 0 fully saturated rings. The first-order chi connectivity index (χ1) is 13.3. The molecule has 3 rings (SSSR count). The molecule has 2 N–H and O–H groups in total. The molecule has 0 aromatic heterocycles. The molecule has 3 aromatic rings. The van der Waals surface area contributed by atoms with E-state index in [2.05, 4.69) is 26.0 Å². The Morgan fingerprint density at radius 3 is 2.29 bits per heavy atom. The molecule has 0 aliphatic rings. The summed E-state index contributed by atoms with van der Waals surface area (Å²) < 4.78 is 41.2. The third kappa shape index (κ3) is 4.70. The minimum absolute atomic E-state index is 0.106. The van der Waals surface area contributed by atoms with Crippen molar-refractivity contribution < 1.29 is 17.6 Å². The molecule has 3 aromatic carbocycles. The zero-order valence-corrected chi connectivity index (χ0v) is 17.3. The quantitative estimate of drug-likeness (QED) is 0.517. The highest BCUT2D eigenvalue weighted by Gasteiger charge is 2.18. The van der Waals surface area contributed by atoms with Crippen molar-refractivity contribution in [3.05, 3.63) is 87.6 Å². The van der Waals surface area contributed by atoms with Crippen molar-refractivity contribution in [1.82, 2.24) is 0 Å². The fourth-order valence-corrected chi connectivity index (χ4v) is 4.00. The summed E-state index contributed by atoms with van der Waals surface area (Å²) in [6.07, 6.45) is 0. The minimum Gasteiger partial charge on any atom is -0.320 e. The number of amides is 1. The molecule has 0 bridgehead atoms. The van der Waals surface area contributed by atoms with E-state index in [-0.39, 0.29) is 26.9 Å². The number of nitrogens with one attached hydrogen (secondary N) is 2. The van der Waals surface area contributed by atoms with Crippen molar-refractivity contribution in [1.29, 1.82) is 0 Å². The van der Waals surface area contributed by atoms with Crippen LogP contribution < -0.4 is 10.0 Å². The maximum absolute atomic E-state index is 13.1. The van der Waals surface area contributed by atoms with Crippen LogP contribution in [0.2, 0.25) is 5.02 Å². The lowest BCUT2D eigenvalue weighted by Crippen LogP contribution is -2.17. The van der Waals surface area contributed by atoms with Crippen LogP contribution in [0, 0.1) is 5.82 Å². The topological polar surface area (TPSA) is 75.3 Å². The van der Waals surface area contributed by atoms with Gasteiger partial charge in [-0.15, -0.1) is 0 Å². The molecular weight excluding hydrogens is 471 g/mol. The number of rotatable bonds is 5. The third-order valence-corrected chi connectivity index (χ3v) is 5.92. The number of carbonyl (C=O) groups is 1. The normalized spacial score (nSPS) is 11.1. The zero-order chi connectivity index (χ0) is 20.3. The second-order valence-electron chi connectivity index (χ2n) is 5.68. The Morgan fingerprint density at radius 1 is 0.964 bits per heavy atom. The van der Waals surface area contributed by atoms with E-state index < -0.39 is 21.7 Å². The van der Waals surface area contributed by atoms with Gasteiger partial charge in [0.05, 0.1) is 26.9 Å². The second-order valence-corrected chi connectivity index (χ2v) is 8.69. The fraction of sp³-hybridized carbons (Fsp3) is 0. The second kappa shape index (κ2) is 8.30. The highest BCUT2D eigenvalue weighted by Crippen LogP contribution is 2.27. The number of hydrogen-bond acceptors (Lipinski definition) is 3. The van der Waals surface area contributed by atoms with Crippen molar-refractivity contribution in [2.24, 2.45) is 0 Å². The van der Waals surface area contributed by atoms with Crippen LogP contribution >= 0.6 is 27.5 Å². The molecule has 0 saturated carbocycles. The Hall–Kier alpha value is -2.42. The number of benzene rings is 3. The monoisotopic (exact) mass is 482 g/mol. The van der Waals surface area contributed by atoms with Crippen LogP contribution in [0.3, 0.4) is 0 Å². The number of sulfonamides is 1. The van der Waals surface area contributed by atoms with E-state index in [0.717, 1.165) is 24.3 Å². The van der Waals surface area contributed by atoms with Crippen molar-refractivity contribution in [2.75, 3.05) is 10.0 Å². The Balaban J connectivity index is 1.88. The van der Waals surface area contributed by atoms with Gasteiger partial charge in [-0.05, 0) is 54.6 Å². The van der Waals surface area contributed by atoms with E-state index in [4.69, 9.17) is 11.6 Å². The number of para-hydroxylation sites is 2. The molecule has 0 radical (unpaired) electrons. The average molecular weight is 484 g/mol. The average Bonchev–Trinajstić information content (AvgIpc) is 2.65. The lowest BCUT2D eigenvalue weighted by atomic mass is 10.2. The van der Waals surface area contributed by atoms with Crippen LogP contribution in [0.15, 0.2) is 76.1 Å². The highest BCUT2D eigenvalue weighted by atomic mass is 79.9. The van der Waals surface area contributed by atoms with Crippen molar-refractivity contribution in [3.63, 3.8) is 0 Å². The first kappa shape index (κ1) is 20.3. The van der Waals surface area contributed by atoms with Crippen LogP contribution in [-0.4, -0.2) is 14.3 Å². The van der Waals surface area contributed by atoms with Gasteiger partial charge in [0.1, 0.15) is 5.82 Å². The molecule has 0 heterocycles. The molecule has 5 nitrogen and oxygen atoms in total. The molecule has 144 valence electrons. The van der Waals surface area contributed by atoms with Gasteiger partial charge in [-0.2, -0.15) is 0 Å². The molecule has 0 aliphatic heterocycles. The molecule has 9 heteroatoms. The maximum atomic E-state index is 13.1. The lowest BCUT2D eigenvalue weighted by Gasteiger charge is -2.14. The van der Waals surface area contributed by atoms with Crippen LogP contribution in [0.1, 0.15) is 10.4 Å². The summed E-state index contributed by atoms with van der Waals surface area (Å²) in [5.74, 6) is -1.04. The van der Waals surface area contributed by atoms with Crippen molar-refractivity contribution >= 4 is 54.8 Å². The Morgan fingerprint density at radius 2 is 1.61 bits per heavy atom. The molecule has 1 amide bonds. The summed E-state index contributed by atoms with van der Waals surface area (Å²) in [6, 6.07) is 15.6. The van der Waals surface area contributed by atoms with Crippen LogP contribution in [-0.2, 0) is 10.0 Å². The van der Waals surface area contributed by atoms with Gasteiger partial charge in [0.2, 0.25) is 0 Å². The van der Waals surface area contributed by atoms with Crippen molar-refractivity contribution in [3.8, 4) is 0 Å². The van der Waals surface area contributed by atoms with Crippen LogP contribution in [0.25, 0.3) is 0 Å². The summed E-state index contributed by atoms with van der Waals surface area (Å²) in [6.45, 7) is 0. The first-order valence-electron chi connectivity index (χ1n) is 7.90. The van der Waals surface area contributed by atoms with E-state index >= 15 is 0 Å². The summed E-state index contributed by atoms with van der Waals surface area (Å²) in [5, 5.41) is 2.90. The largest absolute Gasteiger partial charge is 0.320 e. The van der Waals surface area contributed by atoms with Gasteiger partial charge in [-0.1, -0.05) is 39.7 Å². The Bertz CT molecular complexity index is 1140. The lowest BCUT2D eigenvalue weighted by molar-refractivity contribution is 0.102. The predicted molar refractivity (Wildman–Crippen MR) is 111 cm³/mol. The van der Waals surface area contributed by atoms with Crippen molar-refractivity contribution in [2.45, 2.75) is 4.90 Å². The predicted octanol–water partition coefficient (Wildman–Crippen LogP) is 5.29. The number of hydrogen-bond donors (Lipinski definition) is 2. The maximum Gasteiger partial charge on any atom is 0.261 e. The SMILES string of the molecule is O=C(Nc1ccccc1NS(=O)(=O)c1ccc(F)cc1)c1cc(Br)ccc1Cl. The standard InChI is InChI=1S/C19H13BrClFN2O3S/c20-12-5-10-16(21)15(11-12)19(25)23-17-3-1-2-4-18(17)24-28(26,27)14-8-6-13(22)7-9-14/h1-11,24H,(H,23,25). The van der Waals surface area contributed by atoms with Gasteiger partial charge in [0, 0.05) is 4.47 Å². The van der Waals surface area contributed by atoms with E-state index in [1.54, 1.807) is 36.4 Å². The molecule has 0 unspecified atom stereocenters. The first-order valence-corrected chi connectivity index (χ1v) is 10.6. The molecule has 0 aliphatic carbocycles. The zero-order valence-electron chi connectivity index (χ0n) is 14.1. The van der Waals surface area contributed by atoms with Gasteiger partial charge < -0.3 is 5.32 Å². The number of halogens is 3. The number of carbonyl (C=O) groups excluding carboxylic acids is 1. The molecule has 0 saturated heterocycles. The van der Waals surface area contributed by atoms with E-state index in [1.807, 2.05) is 0 Å². The van der Waals surface area contributed by atoms with Crippen LogP contribution in [0.4, 0.5) is 15.8 Å². The summed E-state index contributed by atoms with van der Waals surface area (Å²) in [5.41, 5.74) is 0.632. The summed E-state index contributed by atoms with van der Waals surface area (Å²) in [4.78, 5) is 12.5. The molecule has 28 heavy (non-hydrogen) atoms. The summed E-state index contributed by atoms with van der Waals surface area (Å²) >= 11 is 9.35. The molecule has 0 atom stereocenters. The van der Waals surface area contributed by atoms with Gasteiger partial charge >= 0.3 is 0 Å². The van der Waals surface area contributed by atoms with E-state index in [1.165, 1.54) is 6.07 Å². The Labute approximate surface area is 174 Å². The Kier molecular flexibility index (Phi) is 6.02. The minimum atomic E-state index is -3.97. The third-order valence-electron chi connectivity index (χ3n) is 3.72. The number of anilines is 2. The van der Waals surface area contributed by atoms with Gasteiger partial charge in [-0.3, -0.25) is 9.52 Å². The smallest absolute Gasteiger partial charge is 0.261 e. The van der Waals surface area contributed by atoms with Gasteiger partial charge in [0.15, 0.2) is 0 Å². The van der Waals surface area contributed by atoms with E-state index in [9.17, 15) is 17.6 Å². The van der Waals surface area contributed by atoms with Crippen LogP contribution in [0.5, 0.6) is 0 Å². The highest BCUT2D eigenvalue weighted by molar-refractivity contribution is 9.10. The van der Waals surface area contributed by atoms with E-state index in [0.29, 0.717) is 4.47 Å². The molecule has 0 spiro atoms. The fourth-order valence-electron chi connectivity index (χ4n) is 2.36. The molecular formula is C19H13BrClFN2O3S. The summed E-state index contributed by atoms with van der Waals surface area (Å²) in [7, 11) is -3.97. The van der Waals surface area contributed by atoms with Gasteiger partial charge in [-0.25, -0.2) is 12.8 Å². The van der Waals surface area contributed by atoms with Gasteiger partial charge in [0.25, 0.3) is 15.9 Å².